The van der Waals surface area contributed by atoms with Crippen molar-refractivity contribution in [1.29, 1.82) is 0 Å². The Kier molecular flexibility index (Phi) is 5.17. The summed E-state index contributed by atoms with van der Waals surface area (Å²) in [6.07, 6.45) is 0. The van der Waals surface area contributed by atoms with Crippen LogP contribution in [0.2, 0.25) is 0 Å². The number of hydrogen-bond donors (Lipinski definition) is 4. The zero-order valence-electron chi connectivity index (χ0n) is 16.1. The van der Waals surface area contributed by atoms with E-state index in [2.05, 4.69) is 20.3 Å². The lowest BCUT2D eigenvalue weighted by Gasteiger charge is -2.11. The Morgan fingerprint density at radius 1 is 1.10 bits per heavy atom. The van der Waals surface area contributed by atoms with Gasteiger partial charge in [-0.3, -0.25) is 9.36 Å². The molecular formula is C20H19BN6O3. The number of nitrogens with two attached hydrogens (primary N) is 1. The highest BCUT2D eigenvalue weighted by atomic mass is 16.4. The van der Waals surface area contributed by atoms with Gasteiger partial charge >= 0.3 is 7.12 Å². The Balaban J connectivity index is 1.80. The summed E-state index contributed by atoms with van der Waals surface area (Å²) in [6, 6.07) is 16.6. The van der Waals surface area contributed by atoms with Crippen LogP contribution in [-0.2, 0) is 6.54 Å². The third-order valence-corrected chi connectivity index (χ3v) is 4.68. The number of hydrogen-bond acceptors (Lipinski definition) is 7. The first-order chi connectivity index (χ1) is 14.4. The molecule has 4 rings (SSSR count). The van der Waals surface area contributed by atoms with Gasteiger partial charge in [0.2, 0.25) is 17.7 Å². The minimum atomic E-state index is -1.62. The second kappa shape index (κ2) is 7.93. The van der Waals surface area contributed by atoms with Crippen LogP contribution in [0.25, 0.3) is 16.9 Å². The molecule has 30 heavy (non-hydrogen) atoms. The average Bonchev–Trinajstić information content (AvgIpc) is 3.08. The predicted octanol–water partition coefficient (Wildman–Crippen LogP) is 0.515. The summed E-state index contributed by atoms with van der Waals surface area (Å²) >= 11 is 0. The zero-order chi connectivity index (χ0) is 21.3. The summed E-state index contributed by atoms with van der Waals surface area (Å²) in [5.41, 5.74) is 8.22. The largest absolute Gasteiger partial charge is 0.489 e. The van der Waals surface area contributed by atoms with Crippen LogP contribution >= 0.6 is 0 Å². The Bertz CT molecular complexity index is 1230. The van der Waals surface area contributed by atoms with Gasteiger partial charge in [-0.25, -0.2) is 0 Å². The molecule has 4 aromatic rings. The third-order valence-electron chi connectivity index (χ3n) is 4.68. The number of aryl methyl sites for hydroxylation is 1. The van der Waals surface area contributed by atoms with E-state index in [1.165, 1.54) is 0 Å². The van der Waals surface area contributed by atoms with Crippen molar-refractivity contribution in [2.45, 2.75) is 13.5 Å². The molecule has 5 N–H and O–H groups in total. The lowest BCUT2D eigenvalue weighted by molar-refractivity contribution is 0.0990. The molecule has 0 atom stereocenters. The molecule has 0 aliphatic carbocycles. The highest BCUT2D eigenvalue weighted by Gasteiger charge is 2.20. The van der Waals surface area contributed by atoms with Gasteiger partial charge in [-0.2, -0.15) is 15.0 Å². The zero-order valence-corrected chi connectivity index (χ0v) is 16.1. The van der Waals surface area contributed by atoms with Crippen molar-refractivity contribution in [3.63, 3.8) is 0 Å². The number of amides is 1. The molecule has 0 fully saturated rings. The van der Waals surface area contributed by atoms with Crippen molar-refractivity contribution in [3.8, 4) is 5.95 Å². The SMILES string of the molecule is Cc1cc2c(B(O)O)cccc2n1-c1nc(NCc2ccccc2)nc(C(N)=O)n1. The normalized spacial score (nSPS) is 10.9. The Morgan fingerprint density at radius 3 is 2.57 bits per heavy atom. The van der Waals surface area contributed by atoms with Crippen LogP contribution in [0.1, 0.15) is 21.9 Å². The fourth-order valence-corrected chi connectivity index (χ4v) is 3.31. The van der Waals surface area contributed by atoms with Crippen molar-refractivity contribution in [3.05, 3.63) is 71.7 Å². The first-order valence-corrected chi connectivity index (χ1v) is 9.25. The summed E-state index contributed by atoms with van der Waals surface area (Å²) in [5.74, 6) is -0.541. The van der Waals surface area contributed by atoms with Gasteiger partial charge in [0.25, 0.3) is 5.91 Å². The highest BCUT2D eigenvalue weighted by molar-refractivity contribution is 6.61. The number of nitrogens with one attached hydrogen (secondary N) is 1. The minimum Gasteiger partial charge on any atom is -0.423 e. The van der Waals surface area contributed by atoms with E-state index in [0.29, 0.717) is 22.9 Å². The van der Waals surface area contributed by atoms with E-state index in [4.69, 9.17) is 5.73 Å². The molecule has 2 heterocycles. The number of aromatic nitrogens is 4. The molecule has 150 valence electrons. The molecule has 1 amide bonds. The molecule has 0 radical (unpaired) electrons. The number of fused-ring (bicyclic) bond motifs is 1. The molecular weight excluding hydrogens is 383 g/mol. The summed E-state index contributed by atoms with van der Waals surface area (Å²) in [5, 5.41) is 23.1. The Morgan fingerprint density at radius 2 is 1.87 bits per heavy atom. The van der Waals surface area contributed by atoms with Gasteiger partial charge in [0.15, 0.2) is 0 Å². The number of rotatable bonds is 6. The van der Waals surface area contributed by atoms with Crippen LogP contribution in [-0.4, -0.2) is 42.6 Å². The maximum absolute atomic E-state index is 11.8. The van der Waals surface area contributed by atoms with E-state index in [0.717, 1.165) is 11.3 Å². The smallest absolute Gasteiger partial charge is 0.423 e. The van der Waals surface area contributed by atoms with E-state index < -0.39 is 13.0 Å². The van der Waals surface area contributed by atoms with Gasteiger partial charge in [0, 0.05) is 17.6 Å². The van der Waals surface area contributed by atoms with Crippen molar-refractivity contribution >= 4 is 35.3 Å². The average molecular weight is 402 g/mol. The molecule has 0 bridgehead atoms. The van der Waals surface area contributed by atoms with Crippen molar-refractivity contribution < 1.29 is 14.8 Å². The molecule has 0 aliphatic heterocycles. The monoisotopic (exact) mass is 402 g/mol. The molecule has 0 saturated heterocycles. The number of carbonyl (C=O) groups excluding carboxylic acids is 1. The first-order valence-electron chi connectivity index (χ1n) is 9.25. The van der Waals surface area contributed by atoms with Crippen LogP contribution in [0.4, 0.5) is 5.95 Å². The van der Waals surface area contributed by atoms with Gasteiger partial charge in [0.05, 0.1) is 5.52 Å². The van der Waals surface area contributed by atoms with E-state index in [1.54, 1.807) is 28.8 Å². The van der Waals surface area contributed by atoms with E-state index >= 15 is 0 Å². The molecule has 9 nitrogen and oxygen atoms in total. The fourth-order valence-electron chi connectivity index (χ4n) is 3.31. The van der Waals surface area contributed by atoms with E-state index in [-0.39, 0.29) is 17.7 Å². The van der Waals surface area contributed by atoms with Crippen LogP contribution in [0, 0.1) is 6.92 Å². The topological polar surface area (TPSA) is 139 Å². The first kappa shape index (κ1) is 19.6. The maximum atomic E-state index is 11.8. The van der Waals surface area contributed by atoms with Crippen LogP contribution in [0.5, 0.6) is 0 Å². The number of primary amides is 1. The quantitative estimate of drug-likeness (QED) is 0.345. The van der Waals surface area contributed by atoms with E-state index in [9.17, 15) is 14.8 Å². The van der Waals surface area contributed by atoms with Gasteiger partial charge < -0.3 is 21.1 Å². The summed E-state index contributed by atoms with van der Waals surface area (Å²) in [4.78, 5) is 24.6. The molecule has 2 aromatic heterocycles. The summed E-state index contributed by atoms with van der Waals surface area (Å²) < 4.78 is 1.71. The molecule has 0 aliphatic rings. The standard InChI is InChI=1S/C20H19BN6O3/c1-12-10-14-15(21(29)30)8-5-9-16(14)27(12)20-25-18(17(22)28)24-19(26-20)23-11-13-6-3-2-4-7-13/h2-10,29-30H,11H2,1H3,(H2,22,28)(H,23,24,25,26). The Labute approximate surface area is 172 Å². The van der Waals surface area contributed by atoms with Crippen LogP contribution in [0.3, 0.4) is 0 Å². The number of benzene rings is 2. The van der Waals surface area contributed by atoms with Crippen LogP contribution < -0.4 is 16.5 Å². The molecule has 10 heteroatoms. The summed E-state index contributed by atoms with van der Waals surface area (Å²) in [7, 11) is -1.62. The maximum Gasteiger partial charge on any atom is 0.489 e. The number of carbonyl (C=O) groups is 1. The second-order valence-corrected chi connectivity index (χ2v) is 6.76. The van der Waals surface area contributed by atoms with Gasteiger partial charge in [-0.05, 0) is 30.1 Å². The Hall–Kier alpha value is -3.76. The highest BCUT2D eigenvalue weighted by Crippen LogP contribution is 2.22. The van der Waals surface area contributed by atoms with Gasteiger partial charge in [-0.15, -0.1) is 0 Å². The fraction of sp³-hybridized carbons (Fsp3) is 0.100. The lowest BCUT2D eigenvalue weighted by Crippen LogP contribution is -2.30. The van der Waals surface area contributed by atoms with Crippen molar-refractivity contribution in [2.75, 3.05) is 5.32 Å². The lowest BCUT2D eigenvalue weighted by atomic mass is 9.78. The van der Waals surface area contributed by atoms with E-state index in [1.807, 2.05) is 37.3 Å². The third kappa shape index (κ3) is 3.73. The number of nitrogens with zero attached hydrogens (tertiary/aromatic N) is 4. The predicted molar refractivity (Wildman–Crippen MR) is 114 cm³/mol. The molecule has 0 unspecified atom stereocenters. The van der Waals surface area contributed by atoms with Gasteiger partial charge in [0.1, 0.15) is 0 Å². The number of anilines is 1. The molecule has 0 spiro atoms. The summed E-state index contributed by atoms with van der Waals surface area (Å²) in [6.45, 7) is 2.28. The van der Waals surface area contributed by atoms with Crippen molar-refractivity contribution in [1.82, 2.24) is 19.5 Å². The molecule has 2 aromatic carbocycles. The minimum absolute atomic E-state index is 0.171. The van der Waals surface area contributed by atoms with Gasteiger partial charge in [-0.1, -0.05) is 42.5 Å². The van der Waals surface area contributed by atoms with Crippen molar-refractivity contribution in [2.24, 2.45) is 5.73 Å². The second-order valence-electron chi connectivity index (χ2n) is 6.76. The molecule has 0 saturated carbocycles. The van der Waals surface area contributed by atoms with Crippen LogP contribution in [0.15, 0.2) is 54.6 Å².